The van der Waals surface area contributed by atoms with E-state index in [4.69, 9.17) is 0 Å². The molecule has 17 heavy (non-hydrogen) atoms. The van der Waals surface area contributed by atoms with Crippen LogP contribution in [0.2, 0.25) is 0 Å². The molecule has 1 aliphatic rings. The Morgan fingerprint density at radius 2 is 2.00 bits per heavy atom. The molecule has 0 spiro atoms. The number of anilines is 1. The molecule has 0 radical (unpaired) electrons. The summed E-state index contributed by atoms with van der Waals surface area (Å²) >= 11 is 0. The maximum absolute atomic E-state index is 4.46. The molecule has 1 fully saturated rings. The van der Waals surface area contributed by atoms with Crippen LogP contribution in [0, 0.1) is 0 Å². The summed E-state index contributed by atoms with van der Waals surface area (Å²) in [7, 11) is 0. The second-order valence-electron chi connectivity index (χ2n) is 4.94. The van der Waals surface area contributed by atoms with Gasteiger partial charge in [-0.25, -0.2) is 9.97 Å². The molecule has 4 heteroatoms. The first kappa shape index (κ1) is 12.3. The molecular formula is C13H22N4. The zero-order valence-electron chi connectivity index (χ0n) is 11.0. The van der Waals surface area contributed by atoms with Gasteiger partial charge in [-0.05, 0) is 19.8 Å². The highest BCUT2D eigenvalue weighted by molar-refractivity contribution is 5.33. The number of nitrogens with one attached hydrogen (secondary N) is 1. The van der Waals surface area contributed by atoms with Crippen molar-refractivity contribution >= 4 is 5.95 Å². The average molecular weight is 234 g/mol. The maximum Gasteiger partial charge on any atom is 0.225 e. The molecule has 94 valence electrons. The Kier molecular flexibility index (Phi) is 3.94. The lowest BCUT2D eigenvalue weighted by Gasteiger charge is -2.20. The van der Waals surface area contributed by atoms with Crippen LogP contribution in [0.25, 0.3) is 0 Å². The van der Waals surface area contributed by atoms with Crippen molar-refractivity contribution < 1.29 is 0 Å². The van der Waals surface area contributed by atoms with E-state index in [1.54, 1.807) is 0 Å². The van der Waals surface area contributed by atoms with Gasteiger partial charge in [-0.1, -0.05) is 13.8 Å². The summed E-state index contributed by atoms with van der Waals surface area (Å²) < 4.78 is 0. The van der Waals surface area contributed by atoms with E-state index < -0.39 is 0 Å². The summed E-state index contributed by atoms with van der Waals surface area (Å²) in [4.78, 5) is 11.2. The van der Waals surface area contributed by atoms with Crippen molar-refractivity contribution in [1.29, 1.82) is 0 Å². The molecule has 1 saturated carbocycles. The Labute approximate surface area is 103 Å². The van der Waals surface area contributed by atoms with E-state index in [1.165, 1.54) is 12.8 Å². The fourth-order valence-corrected chi connectivity index (χ4v) is 1.86. The normalized spacial score (nSPS) is 15.3. The molecule has 1 N–H and O–H groups in total. The number of hydrogen-bond acceptors (Lipinski definition) is 4. The fraction of sp³-hybridized carbons (Fsp3) is 0.692. The molecule has 0 bridgehead atoms. The first-order chi connectivity index (χ1) is 8.20. The Morgan fingerprint density at radius 3 is 2.47 bits per heavy atom. The number of aromatic nitrogens is 2. The van der Waals surface area contributed by atoms with Gasteiger partial charge < -0.3 is 10.2 Å². The minimum Gasteiger partial charge on any atom is -0.338 e. The third-order valence-corrected chi connectivity index (χ3v) is 2.99. The summed E-state index contributed by atoms with van der Waals surface area (Å²) in [5.74, 6) is 0.878. The van der Waals surface area contributed by atoms with Crippen LogP contribution in [-0.2, 0) is 6.54 Å². The minimum absolute atomic E-state index is 0.494. The van der Waals surface area contributed by atoms with E-state index in [0.717, 1.165) is 24.6 Å². The average Bonchev–Trinajstić information content (AvgIpc) is 3.13. The molecule has 0 atom stereocenters. The Hall–Kier alpha value is -1.16. The highest BCUT2D eigenvalue weighted by Gasteiger charge is 2.29. The zero-order chi connectivity index (χ0) is 12.3. The largest absolute Gasteiger partial charge is 0.338 e. The fourth-order valence-electron chi connectivity index (χ4n) is 1.86. The first-order valence-electron chi connectivity index (χ1n) is 6.51. The van der Waals surface area contributed by atoms with Gasteiger partial charge in [0.25, 0.3) is 0 Å². The monoisotopic (exact) mass is 234 g/mol. The standard InChI is InChI=1S/C13H22N4/c1-4-17(12-5-6-12)13-15-8-11(9-16-13)7-14-10(2)3/h8-10,12,14H,4-7H2,1-3H3. The van der Waals surface area contributed by atoms with Crippen LogP contribution < -0.4 is 10.2 Å². The second kappa shape index (κ2) is 5.45. The van der Waals surface area contributed by atoms with Crippen molar-refractivity contribution in [3.63, 3.8) is 0 Å². The number of nitrogens with zero attached hydrogens (tertiary/aromatic N) is 3. The number of rotatable bonds is 6. The molecule has 2 rings (SSSR count). The van der Waals surface area contributed by atoms with Gasteiger partial charge in [0.1, 0.15) is 0 Å². The minimum atomic E-state index is 0.494. The zero-order valence-corrected chi connectivity index (χ0v) is 11.0. The highest BCUT2D eigenvalue weighted by atomic mass is 15.3. The third-order valence-electron chi connectivity index (χ3n) is 2.99. The van der Waals surface area contributed by atoms with E-state index in [-0.39, 0.29) is 0 Å². The molecule has 1 heterocycles. The van der Waals surface area contributed by atoms with Crippen LogP contribution in [-0.4, -0.2) is 28.6 Å². The number of hydrogen-bond donors (Lipinski definition) is 1. The quantitative estimate of drug-likeness (QED) is 0.817. The van der Waals surface area contributed by atoms with E-state index in [9.17, 15) is 0 Å². The lowest BCUT2D eigenvalue weighted by atomic mass is 10.3. The van der Waals surface area contributed by atoms with Gasteiger partial charge in [0, 0.05) is 43.1 Å². The maximum atomic E-state index is 4.46. The van der Waals surface area contributed by atoms with Crippen LogP contribution in [0.3, 0.4) is 0 Å². The molecule has 4 nitrogen and oxygen atoms in total. The topological polar surface area (TPSA) is 41.1 Å². The van der Waals surface area contributed by atoms with Crippen LogP contribution >= 0.6 is 0 Å². The smallest absolute Gasteiger partial charge is 0.225 e. The van der Waals surface area contributed by atoms with Crippen LogP contribution in [0.1, 0.15) is 39.2 Å². The summed E-state index contributed by atoms with van der Waals surface area (Å²) in [5, 5.41) is 3.37. The SMILES string of the molecule is CCN(c1ncc(CNC(C)C)cn1)C1CC1. The van der Waals surface area contributed by atoms with Gasteiger partial charge >= 0.3 is 0 Å². The predicted molar refractivity (Wildman–Crippen MR) is 70.0 cm³/mol. The van der Waals surface area contributed by atoms with Crippen molar-refractivity contribution in [3.8, 4) is 0 Å². The van der Waals surface area contributed by atoms with Crippen LogP contribution in [0.15, 0.2) is 12.4 Å². The third kappa shape index (κ3) is 3.40. The second-order valence-corrected chi connectivity index (χ2v) is 4.94. The van der Waals surface area contributed by atoms with Crippen molar-refractivity contribution in [3.05, 3.63) is 18.0 Å². The molecule has 0 aromatic carbocycles. The highest BCUT2D eigenvalue weighted by Crippen LogP contribution is 2.29. The van der Waals surface area contributed by atoms with Gasteiger partial charge in [-0.2, -0.15) is 0 Å². The molecule has 1 aromatic heterocycles. The van der Waals surface area contributed by atoms with Gasteiger partial charge in [-0.15, -0.1) is 0 Å². The Morgan fingerprint density at radius 1 is 1.35 bits per heavy atom. The van der Waals surface area contributed by atoms with Crippen LogP contribution in [0.4, 0.5) is 5.95 Å². The molecule has 1 aromatic rings. The molecule has 0 aliphatic heterocycles. The van der Waals surface area contributed by atoms with Crippen molar-refractivity contribution in [2.45, 2.75) is 52.2 Å². The van der Waals surface area contributed by atoms with E-state index in [2.05, 4.69) is 41.0 Å². The van der Waals surface area contributed by atoms with E-state index in [0.29, 0.717) is 12.1 Å². The lowest BCUT2D eigenvalue weighted by molar-refractivity contribution is 0.586. The Balaban J connectivity index is 1.96. The lowest BCUT2D eigenvalue weighted by Crippen LogP contribution is -2.27. The predicted octanol–water partition coefficient (Wildman–Crippen LogP) is 1.96. The van der Waals surface area contributed by atoms with Crippen molar-refractivity contribution in [2.24, 2.45) is 0 Å². The van der Waals surface area contributed by atoms with Gasteiger partial charge in [-0.3, -0.25) is 0 Å². The van der Waals surface area contributed by atoms with Gasteiger partial charge in [0.05, 0.1) is 0 Å². The van der Waals surface area contributed by atoms with E-state index in [1.807, 2.05) is 12.4 Å². The van der Waals surface area contributed by atoms with Crippen LogP contribution in [0.5, 0.6) is 0 Å². The summed E-state index contributed by atoms with van der Waals surface area (Å²) in [6, 6.07) is 1.17. The first-order valence-corrected chi connectivity index (χ1v) is 6.51. The van der Waals surface area contributed by atoms with Gasteiger partial charge in [0.2, 0.25) is 5.95 Å². The summed E-state index contributed by atoms with van der Waals surface area (Å²) in [6.45, 7) is 8.28. The van der Waals surface area contributed by atoms with E-state index >= 15 is 0 Å². The molecule has 0 saturated heterocycles. The Bertz CT molecular complexity index is 343. The summed E-state index contributed by atoms with van der Waals surface area (Å²) in [6.07, 6.45) is 6.44. The van der Waals surface area contributed by atoms with Crippen molar-refractivity contribution in [1.82, 2.24) is 15.3 Å². The summed E-state index contributed by atoms with van der Waals surface area (Å²) in [5.41, 5.74) is 1.15. The molecular weight excluding hydrogens is 212 g/mol. The molecule has 0 unspecified atom stereocenters. The van der Waals surface area contributed by atoms with Gasteiger partial charge in [0.15, 0.2) is 0 Å². The molecule has 0 amide bonds. The molecule has 1 aliphatic carbocycles. The van der Waals surface area contributed by atoms with Crippen molar-refractivity contribution in [2.75, 3.05) is 11.4 Å².